The SMILES string of the molecule is Nc1[nH]c(=O)c(C(=O)O)c(-c2cccc(Cn3cncn3)c2)c1C(=O)O. The Kier molecular flexibility index (Phi) is 4.23. The van der Waals surface area contributed by atoms with E-state index in [-0.39, 0.29) is 11.1 Å². The summed E-state index contributed by atoms with van der Waals surface area (Å²) in [5.41, 5.74) is 4.20. The summed E-state index contributed by atoms with van der Waals surface area (Å²) < 4.78 is 1.54. The van der Waals surface area contributed by atoms with Crippen molar-refractivity contribution in [2.24, 2.45) is 0 Å². The molecular formula is C16H13N5O5. The predicted molar refractivity (Wildman–Crippen MR) is 90.0 cm³/mol. The zero-order chi connectivity index (χ0) is 18.8. The monoisotopic (exact) mass is 355 g/mol. The van der Waals surface area contributed by atoms with E-state index in [0.717, 1.165) is 0 Å². The quantitative estimate of drug-likeness (QED) is 0.518. The fraction of sp³-hybridized carbons (Fsp3) is 0.0625. The first kappa shape index (κ1) is 16.9. The molecule has 0 aliphatic heterocycles. The number of rotatable bonds is 5. The number of carboxylic acids is 2. The number of anilines is 1. The van der Waals surface area contributed by atoms with Gasteiger partial charge >= 0.3 is 11.9 Å². The Bertz CT molecular complexity index is 1060. The smallest absolute Gasteiger partial charge is 0.342 e. The second-order valence-electron chi connectivity index (χ2n) is 5.40. The first-order chi connectivity index (χ1) is 12.4. The first-order valence-electron chi connectivity index (χ1n) is 7.32. The van der Waals surface area contributed by atoms with Gasteiger partial charge in [0.1, 0.15) is 29.6 Å². The molecule has 0 aliphatic rings. The van der Waals surface area contributed by atoms with E-state index in [1.807, 2.05) is 0 Å². The van der Waals surface area contributed by atoms with E-state index in [0.29, 0.717) is 12.1 Å². The van der Waals surface area contributed by atoms with Crippen LogP contribution in [-0.4, -0.2) is 41.9 Å². The highest BCUT2D eigenvalue weighted by atomic mass is 16.4. The van der Waals surface area contributed by atoms with Crippen molar-refractivity contribution in [3.05, 3.63) is 64.0 Å². The molecule has 2 heterocycles. The maximum absolute atomic E-state index is 12.1. The normalized spacial score (nSPS) is 10.6. The number of aromatic carboxylic acids is 2. The number of carboxylic acid groups (broad SMARTS) is 2. The summed E-state index contributed by atoms with van der Waals surface area (Å²) in [6, 6.07) is 6.46. The summed E-state index contributed by atoms with van der Waals surface area (Å²) in [5.74, 6) is -3.41. The first-order valence-corrected chi connectivity index (χ1v) is 7.32. The van der Waals surface area contributed by atoms with Crippen LogP contribution in [-0.2, 0) is 6.54 Å². The number of benzene rings is 1. The molecule has 0 fully saturated rings. The lowest BCUT2D eigenvalue weighted by molar-refractivity contribution is 0.0695. The Morgan fingerprint density at radius 3 is 2.54 bits per heavy atom. The van der Waals surface area contributed by atoms with E-state index in [1.54, 1.807) is 22.9 Å². The van der Waals surface area contributed by atoms with Gasteiger partial charge in [-0.1, -0.05) is 18.2 Å². The minimum atomic E-state index is -1.55. The lowest BCUT2D eigenvalue weighted by Gasteiger charge is -2.13. The largest absolute Gasteiger partial charge is 0.478 e. The minimum absolute atomic E-state index is 0.244. The molecule has 0 atom stereocenters. The van der Waals surface area contributed by atoms with Gasteiger partial charge in [0.25, 0.3) is 5.56 Å². The van der Waals surface area contributed by atoms with Gasteiger partial charge in [0, 0.05) is 5.56 Å². The van der Waals surface area contributed by atoms with Crippen LogP contribution in [0.1, 0.15) is 26.3 Å². The van der Waals surface area contributed by atoms with Crippen LogP contribution in [0, 0.1) is 0 Å². The van der Waals surface area contributed by atoms with Crippen molar-refractivity contribution in [1.82, 2.24) is 19.7 Å². The summed E-state index contributed by atoms with van der Waals surface area (Å²) in [7, 11) is 0. The molecular weight excluding hydrogens is 342 g/mol. The van der Waals surface area contributed by atoms with E-state index in [1.165, 1.54) is 18.7 Å². The Hall–Kier alpha value is -3.95. The topological polar surface area (TPSA) is 164 Å². The lowest BCUT2D eigenvalue weighted by Crippen LogP contribution is -2.24. The van der Waals surface area contributed by atoms with Gasteiger partial charge in [-0.15, -0.1) is 0 Å². The molecule has 3 rings (SSSR count). The second kappa shape index (κ2) is 6.51. The van der Waals surface area contributed by atoms with Crippen molar-refractivity contribution in [2.75, 3.05) is 5.73 Å². The third-order valence-corrected chi connectivity index (χ3v) is 3.70. The third-order valence-electron chi connectivity index (χ3n) is 3.70. The molecule has 5 N–H and O–H groups in total. The number of hydrogen-bond donors (Lipinski definition) is 4. The maximum atomic E-state index is 12.1. The molecule has 0 saturated heterocycles. The highest BCUT2D eigenvalue weighted by Gasteiger charge is 2.26. The summed E-state index contributed by atoms with van der Waals surface area (Å²) in [5, 5.41) is 22.8. The van der Waals surface area contributed by atoms with Crippen molar-refractivity contribution in [3.8, 4) is 11.1 Å². The van der Waals surface area contributed by atoms with Crippen LogP contribution in [0.2, 0.25) is 0 Å². The Morgan fingerprint density at radius 2 is 1.92 bits per heavy atom. The minimum Gasteiger partial charge on any atom is -0.478 e. The molecule has 132 valence electrons. The van der Waals surface area contributed by atoms with E-state index >= 15 is 0 Å². The van der Waals surface area contributed by atoms with Crippen LogP contribution in [0.4, 0.5) is 5.82 Å². The van der Waals surface area contributed by atoms with E-state index < -0.39 is 34.4 Å². The van der Waals surface area contributed by atoms with Crippen molar-refractivity contribution in [2.45, 2.75) is 6.54 Å². The number of aromatic amines is 1. The van der Waals surface area contributed by atoms with Gasteiger partial charge in [0.2, 0.25) is 0 Å². The highest BCUT2D eigenvalue weighted by Crippen LogP contribution is 2.29. The van der Waals surface area contributed by atoms with E-state index in [4.69, 9.17) is 5.73 Å². The highest BCUT2D eigenvalue weighted by molar-refractivity contribution is 6.07. The van der Waals surface area contributed by atoms with E-state index in [2.05, 4.69) is 15.1 Å². The molecule has 26 heavy (non-hydrogen) atoms. The number of pyridine rings is 1. The van der Waals surface area contributed by atoms with Crippen molar-refractivity contribution in [1.29, 1.82) is 0 Å². The number of H-pyrrole nitrogens is 1. The Labute approximate surface area is 145 Å². The molecule has 0 aliphatic carbocycles. The van der Waals surface area contributed by atoms with Crippen LogP contribution in [0.25, 0.3) is 11.1 Å². The molecule has 0 radical (unpaired) electrons. The van der Waals surface area contributed by atoms with Crippen molar-refractivity contribution >= 4 is 17.8 Å². The Balaban J connectivity index is 2.24. The number of hydrogen-bond acceptors (Lipinski definition) is 6. The van der Waals surface area contributed by atoms with Crippen LogP contribution in [0.15, 0.2) is 41.7 Å². The predicted octanol–water partition coefficient (Wildman–Crippen LogP) is 0.660. The number of nitrogens with zero attached hydrogens (tertiary/aromatic N) is 3. The molecule has 2 aromatic heterocycles. The van der Waals surface area contributed by atoms with Gasteiger partial charge in [-0.3, -0.25) is 4.79 Å². The lowest BCUT2D eigenvalue weighted by atomic mass is 9.94. The number of carbonyl (C=O) groups is 2. The summed E-state index contributed by atoms with van der Waals surface area (Å²) in [6.07, 6.45) is 2.87. The average molecular weight is 355 g/mol. The fourth-order valence-electron chi connectivity index (χ4n) is 2.66. The van der Waals surface area contributed by atoms with Gasteiger partial charge in [-0.25, -0.2) is 19.3 Å². The van der Waals surface area contributed by atoms with Crippen LogP contribution in [0.5, 0.6) is 0 Å². The molecule has 0 bridgehead atoms. The van der Waals surface area contributed by atoms with Crippen molar-refractivity contribution in [3.63, 3.8) is 0 Å². The zero-order valence-electron chi connectivity index (χ0n) is 13.2. The third kappa shape index (κ3) is 3.02. The molecule has 0 unspecified atom stereocenters. The Morgan fingerprint density at radius 1 is 1.19 bits per heavy atom. The standard InChI is InChI=1S/C16H13N5O5/c17-13-11(15(23)24)10(12(16(25)26)14(22)20-13)9-3-1-2-8(4-9)5-21-7-18-6-19-21/h1-4,6-7H,5H2,(H,23,24)(H,25,26)(H3,17,20,22). The van der Waals surface area contributed by atoms with Gasteiger partial charge in [-0.2, -0.15) is 5.10 Å². The van der Waals surface area contributed by atoms with Gasteiger partial charge < -0.3 is 20.9 Å². The molecule has 0 amide bonds. The summed E-state index contributed by atoms with van der Waals surface area (Å²) >= 11 is 0. The van der Waals surface area contributed by atoms with Crippen LogP contribution < -0.4 is 11.3 Å². The zero-order valence-corrected chi connectivity index (χ0v) is 13.2. The number of aromatic nitrogens is 4. The molecule has 0 saturated carbocycles. The van der Waals surface area contributed by atoms with Gasteiger partial charge in [-0.05, 0) is 17.2 Å². The average Bonchev–Trinajstić information content (AvgIpc) is 3.06. The van der Waals surface area contributed by atoms with Crippen molar-refractivity contribution < 1.29 is 19.8 Å². The molecule has 0 spiro atoms. The molecule has 10 heteroatoms. The summed E-state index contributed by atoms with van der Waals surface area (Å²) in [4.78, 5) is 41.2. The van der Waals surface area contributed by atoms with Crippen LogP contribution >= 0.6 is 0 Å². The van der Waals surface area contributed by atoms with E-state index in [9.17, 15) is 24.6 Å². The fourth-order valence-corrected chi connectivity index (χ4v) is 2.66. The van der Waals surface area contributed by atoms with Gasteiger partial charge in [0.15, 0.2) is 0 Å². The van der Waals surface area contributed by atoms with Gasteiger partial charge in [0.05, 0.1) is 6.54 Å². The number of nitrogens with one attached hydrogen (secondary N) is 1. The number of nitrogens with two attached hydrogens (primary N) is 1. The van der Waals surface area contributed by atoms with Crippen LogP contribution in [0.3, 0.4) is 0 Å². The molecule has 3 aromatic rings. The molecule has 10 nitrogen and oxygen atoms in total. The second-order valence-corrected chi connectivity index (χ2v) is 5.40. The maximum Gasteiger partial charge on any atom is 0.342 e. The summed E-state index contributed by atoms with van der Waals surface area (Å²) in [6.45, 7) is 0.331. The number of nitrogen functional groups attached to an aromatic ring is 1. The molecule has 1 aromatic carbocycles.